The molecule has 1 heterocycles. The van der Waals surface area contributed by atoms with Crippen molar-refractivity contribution in [2.75, 3.05) is 5.32 Å². The maximum atomic E-state index is 13.1. The SMILES string of the molecule is O=C(Cn1nc(C(F)F)c(Cl)c1C(F)F)Nc1c(Br)cc([N+](=O)[O-])cc1Br. The summed E-state index contributed by atoms with van der Waals surface area (Å²) in [5.74, 6) is -0.896. The molecule has 0 atom stereocenters. The van der Waals surface area contributed by atoms with E-state index in [9.17, 15) is 32.5 Å². The molecule has 146 valence electrons. The highest BCUT2D eigenvalue weighted by Gasteiger charge is 2.29. The number of carbonyl (C=O) groups excluding carboxylic acids is 1. The van der Waals surface area contributed by atoms with Crippen molar-refractivity contribution in [3.63, 3.8) is 0 Å². The molecule has 2 aromatic rings. The van der Waals surface area contributed by atoms with Crippen LogP contribution < -0.4 is 5.32 Å². The van der Waals surface area contributed by atoms with Crippen LogP contribution in [0, 0.1) is 10.1 Å². The molecule has 0 radical (unpaired) electrons. The molecule has 14 heteroatoms. The van der Waals surface area contributed by atoms with E-state index in [1.807, 2.05) is 0 Å². The third kappa shape index (κ3) is 4.76. The first-order valence-corrected chi connectivity index (χ1v) is 8.75. The van der Waals surface area contributed by atoms with E-state index in [1.165, 1.54) is 0 Å². The van der Waals surface area contributed by atoms with Gasteiger partial charge in [-0.2, -0.15) is 5.10 Å². The van der Waals surface area contributed by atoms with Crippen molar-refractivity contribution in [2.45, 2.75) is 19.4 Å². The molecule has 0 bridgehead atoms. The Balaban J connectivity index is 2.29. The highest BCUT2D eigenvalue weighted by Crippen LogP contribution is 2.36. The predicted octanol–water partition coefficient (Wildman–Crippen LogP) is 5.48. The van der Waals surface area contributed by atoms with E-state index in [1.54, 1.807) is 0 Å². The Morgan fingerprint density at radius 2 is 1.81 bits per heavy atom. The molecular formula is C13H7Br2ClF4N4O3. The van der Waals surface area contributed by atoms with Gasteiger partial charge in [0.2, 0.25) is 5.91 Å². The largest absolute Gasteiger partial charge is 0.323 e. The molecule has 0 saturated heterocycles. The zero-order chi connectivity index (χ0) is 20.5. The van der Waals surface area contributed by atoms with Crippen LogP contribution in [0.1, 0.15) is 24.2 Å². The van der Waals surface area contributed by atoms with E-state index in [4.69, 9.17) is 11.6 Å². The standard InChI is InChI=1S/C13H7Br2ClF4N4O3/c14-5-1-4(24(26)27)2-6(15)9(5)21-7(25)3-23-11(13(19)20)8(16)10(22-23)12(17)18/h1-2,12-13H,3H2,(H,21,25). The van der Waals surface area contributed by atoms with E-state index in [0.717, 1.165) is 12.1 Å². The number of nitro benzene ring substituents is 1. The summed E-state index contributed by atoms with van der Waals surface area (Å²) in [6, 6.07) is 2.23. The highest BCUT2D eigenvalue weighted by molar-refractivity contribution is 9.11. The van der Waals surface area contributed by atoms with Crippen molar-refractivity contribution >= 4 is 60.7 Å². The van der Waals surface area contributed by atoms with Crippen LogP contribution >= 0.6 is 43.5 Å². The second kappa shape index (κ2) is 8.52. The summed E-state index contributed by atoms with van der Waals surface area (Å²) in [5, 5.41) is 15.5. The minimum absolute atomic E-state index is 0.0801. The van der Waals surface area contributed by atoms with E-state index >= 15 is 0 Å². The fraction of sp³-hybridized carbons (Fsp3) is 0.231. The number of amides is 1. The summed E-state index contributed by atoms with van der Waals surface area (Å²) < 4.78 is 52.4. The van der Waals surface area contributed by atoms with Gasteiger partial charge < -0.3 is 5.32 Å². The third-order valence-corrected chi connectivity index (χ3v) is 4.80. The number of halogens is 7. The fourth-order valence-corrected chi connectivity index (χ4v) is 3.70. The Kier molecular flexibility index (Phi) is 6.81. The van der Waals surface area contributed by atoms with E-state index in [0.29, 0.717) is 4.68 Å². The average molecular weight is 538 g/mol. The lowest BCUT2D eigenvalue weighted by atomic mass is 10.3. The van der Waals surface area contributed by atoms with Crippen LogP contribution in [0.3, 0.4) is 0 Å². The van der Waals surface area contributed by atoms with Gasteiger partial charge in [0.1, 0.15) is 17.9 Å². The van der Waals surface area contributed by atoms with Gasteiger partial charge in [-0.05, 0) is 31.9 Å². The molecule has 2 rings (SSSR count). The van der Waals surface area contributed by atoms with Crippen LogP contribution in [0.4, 0.5) is 28.9 Å². The van der Waals surface area contributed by atoms with Crippen LogP contribution in [0.25, 0.3) is 0 Å². The molecular weight excluding hydrogens is 531 g/mol. The van der Waals surface area contributed by atoms with Gasteiger partial charge in [-0.3, -0.25) is 19.6 Å². The van der Waals surface area contributed by atoms with Gasteiger partial charge in [-0.15, -0.1) is 0 Å². The molecule has 1 N–H and O–H groups in total. The molecule has 0 fully saturated rings. The average Bonchev–Trinajstić information content (AvgIpc) is 2.87. The van der Waals surface area contributed by atoms with Gasteiger partial charge in [-0.25, -0.2) is 17.6 Å². The van der Waals surface area contributed by atoms with Crippen molar-refractivity contribution in [1.29, 1.82) is 0 Å². The first kappa shape index (κ1) is 21.6. The molecule has 7 nitrogen and oxygen atoms in total. The zero-order valence-electron chi connectivity index (χ0n) is 12.7. The van der Waals surface area contributed by atoms with Crippen molar-refractivity contribution in [3.8, 4) is 0 Å². The quantitative estimate of drug-likeness (QED) is 0.300. The molecule has 0 saturated carbocycles. The zero-order valence-corrected chi connectivity index (χ0v) is 16.7. The monoisotopic (exact) mass is 536 g/mol. The minimum Gasteiger partial charge on any atom is -0.323 e. The van der Waals surface area contributed by atoms with Gasteiger partial charge in [0.05, 0.1) is 15.6 Å². The third-order valence-electron chi connectivity index (χ3n) is 3.17. The number of hydrogen-bond donors (Lipinski definition) is 1. The lowest BCUT2D eigenvalue weighted by Crippen LogP contribution is -2.21. The smallest absolute Gasteiger partial charge is 0.283 e. The number of hydrogen-bond acceptors (Lipinski definition) is 4. The Morgan fingerprint density at radius 3 is 2.26 bits per heavy atom. The number of nitrogens with zero attached hydrogens (tertiary/aromatic N) is 3. The number of non-ortho nitro benzene ring substituents is 1. The Bertz CT molecular complexity index is 887. The number of anilines is 1. The van der Waals surface area contributed by atoms with Gasteiger partial charge in [-0.1, -0.05) is 11.6 Å². The van der Waals surface area contributed by atoms with Crippen molar-refractivity contribution in [2.24, 2.45) is 0 Å². The molecule has 0 aliphatic rings. The van der Waals surface area contributed by atoms with Crippen LogP contribution in [0.2, 0.25) is 5.02 Å². The number of carbonyl (C=O) groups is 1. The maximum absolute atomic E-state index is 13.1. The van der Waals surface area contributed by atoms with E-state index < -0.39 is 46.6 Å². The number of benzene rings is 1. The second-order valence-corrected chi connectivity index (χ2v) is 7.02. The number of rotatable bonds is 6. The molecule has 0 unspecified atom stereocenters. The first-order valence-electron chi connectivity index (χ1n) is 6.78. The maximum Gasteiger partial charge on any atom is 0.283 e. The summed E-state index contributed by atoms with van der Waals surface area (Å²) in [4.78, 5) is 22.3. The molecule has 27 heavy (non-hydrogen) atoms. The van der Waals surface area contributed by atoms with Gasteiger partial charge in [0, 0.05) is 21.1 Å². The lowest BCUT2D eigenvalue weighted by Gasteiger charge is -2.11. The van der Waals surface area contributed by atoms with Gasteiger partial charge in [0.15, 0.2) is 0 Å². The molecule has 1 aromatic carbocycles. The van der Waals surface area contributed by atoms with Crippen LogP contribution in [0.15, 0.2) is 21.1 Å². The van der Waals surface area contributed by atoms with Crippen LogP contribution in [0.5, 0.6) is 0 Å². The van der Waals surface area contributed by atoms with E-state index in [-0.39, 0.29) is 20.3 Å². The number of nitro groups is 1. The Labute approximate surface area is 170 Å². The normalized spacial score (nSPS) is 11.3. The summed E-state index contributed by atoms with van der Waals surface area (Å²) in [7, 11) is 0. The number of alkyl halides is 4. The molecule has 1 amide bonds. The summed E-state index contributed by atoms with van der Waals surface area (Å²) in [6.45, 7) is -0.831. The topological polar surface area (TPSA) is 90.1 Å². The summed E-state index contributed by atoms with van der Waals surface area (Å²) >= 11 is 11.6. The second-order valence-electron chi connectivity index (χ2n) is 4.93. The van der Waals surface area contributed by atoms with Crippen LogP contribution in [-0.4, -0.2) is 20.6 Å². The predicted molar refractivity (Wildman–Crippen MR) is 94.3 cm³/mol. The molecule has 0 spiro atoms. The number of aromatic nitrogens is 2. The minimum atomic E-state index is -3.23. The van der Waals surface area contributed by atoms with Gasteiger partial charge in [0.25, 0.3) is 18.5 Å². The molecule has 0 aliphatic heterocycles. The molecule has 1 aromatic heterocycles. The molecule has 0 aliphatic carbocycles. The summed E-state index contributed by atoms with van der Waals surface area (Å²) in [6.07, 6.45) is -6.43. The fourth-order valence-electron chi connectivity index (χ4n) is 2.04. The Morgan fingerprint density at radius 1 is 1.26 bits per heavy atom. The first-order chi connectivity index (χ1) is 12.5. The van der Waals surface area contributed by atoms with Crippen LogP contribution in [-0.2, 0) is 11.3 Å². The van der Waals surface area contributed by atoms with Crippen molar-refractivity contribution < 1.29 is 27.3 Å². The lowest BCUT2D eigenvalue weighted by molar-refractivity contribution is -0.385. The summed E-state index contributed by atoms with van der Waals surface area (Å²) in [5.41, 5.74) is -2.26. The van der Waals surface area contributed by atoms with Gasteiger partial charge >= 0.3 is 0 Å². The van der Waals surface area contributed by atoms with E-state index in [2.05, 4.69) is 42.3 Å². The highest BCUT2D eigenvalue weighted by atomic mass is 79.9. The number of nitrogens with one attached hydrogen (secondary N) is 1. The van der Waals surface area contributed by atoms with Crippen molar-refractivity contribution in [3.05, 3.63) is 47.6 Å². The van der Waals surface area contributed by atoms with Crippen molar-refractivity contribution in [1.82, 2.24) is 9.78 Å². The Hall–Kier alpha value is -1.73.